The maximum atomic E-state index is 13.0. The number of nitrogens with one attached hydrogen (secondary N) is 2. The molecule has 3 aromatic rings. The number of carbonyl (C=O) groups excluding carboxylic acids is 3. The smallest absolute Gasteiger partial charge is 0.270 e. The van der Waals surface area contributed by atoms with Gasteiger partial charge in [-0.1, -0.05) is 45.0 Å². The number of aromatic amines is 1. The zero-order valence-corrected chi connectivity index (χ0v) is 22.1. The lowest BCUT2D eigenvalue weighted by molar-refractivity contribution is -0.131. The summed E-state index contributed by atoms with van der Waals surface area (Å²) >= 11 is 0. The zero-order valence-electron chi connectivity index (χ0n) is 22.1. The first-order valence-corrected chi connectivity index (χ1v) is 12.5. The number of benzene rings is 2. The molecule has 1 aliphatic heterocycles. The van der Waals surface area contributed by atoms with Gasteiger partial charge in [-0.05, 0) is 42.7 Å². The van der Waals surface area contributed by atoms with Crippen LogP contribution in [0.3, 0.4) is 0 Å². The Kier molecular flexibility index (Phi) is 9.23. The average Bonchev–Trinajstić information content (AvgIpc) is 3.53. The Bertz CT molecular complexity index is 1380. The maximum absolute atomic E-state index is 13.0. The molecule has 0 radical (unpaired) electrons. The molecule has 2 aromatic carbocycles. The molecule has 1 aromatic heterocycles. The van der Waals surface area contributed by atoms with E-state index >= 15 is 0 Å². The Hall–Kier alpha value is -4.63. The first-order chi connectivity index (χ1) is 18.1. The molecule has 4 rings (SSSR count). The predicted octanol–water partition coefficient (Wildman–Crippen LogP) is 4.15. The van der Waals surface area contributed by atoms with Gasteiger partial charge in [0.25, 0.3) is 5.91 Å². The molecule has 38 heavy (non-hydrogen) atoms. The third-order valence-electron chi connectivity index (χ3n) is 5.92. The number of fused-ring (bicyclic) bond motifs is 1. The standard InChI is InChI=1S/C25H22N6O3.C4H10/c1-30(25(34)22-11-20-16(12-26)6-5-9-21(20)29-22)15-23(32)31-14-17(10-19(31)13-27)24(33)28-18-7-3-2-4-8-18;1-4(2)3/h2-9,11,17,19,29H,10,14-15H2,1H3,(H,28,33);4H,1-3H3. The topological polar surface area (TPSA) is 133 Å². The van der Waals surface area contributed by atoms with Crippen molar-refractivity contribution in [2.24, 2.45) is 11.8 Å². The van der Waals surface area contributed by atoms with Crippen LogP contribution in [0.1, 0.15) is 43.2 Å². The second kappa shape index (κ2) is 12.6. The molecule has 2 N–H and O–H groups in total. The highest BCUT2D eigenvalue weighted by atomic mass is 16.2. The monoisotopic (exact) mass is 512 g/mol. The van der Waals surface area contributed by atoms with E-state index in [0.717, 1.165) is 5.92 Å². The first-order valence-electron chi connectivity index (χ1n) is 12.5. The summed E-state index contributed by atoms with van der Waals surface area (Å²) < 4.78 is 0. The van der Waals surface area contributed by atoms with Crippen LogP contribution in [0, 0.1) is 34.5 Å². The third kappa shape index (κ3) is 6.77. The summed E-state index contributed by atoms with van der Waals surface area (Å²) in [6, 6.07) is 19.2. The molecule has 0 saturated carbocycles. The minimum absolute atomic E-state index is 0.107. The van der Waals surface area contributed by atoms with Crippen molar-refractivity contribution >= 4 is 34.3 Å². The quantitative estimate of drug-likeness (QED) is 0.530. The molecule has 0 aliphatic carbocycles. The molecule has 9 heteroatoms. The fraction of sp³-hybridized carbons (Fsp3) is 0.345. The second-order valence-corrected chi connectivity index (χ2v) is 9.93. The van der Waals surface area contributed by atoms with E-state index in [1.807, 2.05) is 6.07 Å². The highest BCUT2D eigenvalue weighted by Crippen LogP contribution is 2.25. The van der Waals surface area contributed by atoms with E-state index < -0.39 is 23.8 Å². The van der Waals surface area contributed by atoms with Crippen molar-refractivity contribution < 1.29 is 14.4 Å². The second-order valence-electron chi connectivity index (χ2n) is 9.93. The van der Waals surface area contributed by atoms with E-state index in [-0.39, 0.29) is 31.1 Å². The van der Waals surface area contributed by atoms with Crippen LogP contribution in [0.25, 0.3) is 10.9 Å². The van der Waals surface area contributed by atoms with Gasteiger partial charge in [0.15, 0.2) is 0 Å². The Morgan fingerprint density at radius 1 is 1.11 bits per heavy atom. The van der Waals surface area contributed by atoms with E-state index in [4.69, 9.17) is 0 Å². The normalized spacial score (nSPS) is 16.2. The van der Waals surface area contributed by atoms with Crippen LogP contribution >= 0.6 is 0 Å². The largest absolute Gasteiger partial charge is 0.350 e. The number of likely N-dealkylation sites (tertiary alicyclic amines) is 1. The number of rotatable bonds is 5. The molecule has 0 spiro atoms. The van der Waals surface area contributed by atoms with E-state index in [9.17, 15) is 24.9 Å². The predicted molar refractivity (Wildman–Crippen MR) is 145 cm³/mol. The number of nitrogens with zero attached hydrogens (tertiary/aromatic N) is 4. The van der Waals surface area contributed by atoms with Crippen LogP contribution in [0.4, 0.5) is 5.69 Å². The van der Waals surface area contributed by atoms with Crippen LogP contribution in [-0.2, 0) is 9.59 Å². The Morgan fingerprint density at radius 3 is 2.42 bits per heavy atom. The molecule has 2 heterocycles. The number of likely N-dealkylation sites (N-methyl/N-ethyl adjacent to an activating group) is 1. The SMILES string of the molecule is CC(C)C.CN(CC(=O)N1CC(C(=O)Nc2ccccc2)CC1C#N)C(=O)c1cc2c(C#N)cccc2[nH]1. The van der Waals surface area contributed by atoms with E-state index in [1.165, 1.54) is 16.8 Å². The van der Waals surface area contributed by atoms with Gasteiger partial charge in [0.05, 0.1) is 30.2 Å². The molecule has 3 amide bonds. The number of nitriles is 2. The van der Waals surface area contributed by atoms with Crippen molar-refractivity contribution in [3.05, 3.63) is 65.9 Å². The molecule has 196 valence electrons. The van der Waals surface area contributed by atoms with Crippen LogP contribution in [0.2, 0.25) is 0 Å². The lowest BCUT2D eigenvalue weighted by Gasteiger charge is -2.23. The van der Waals surface area contributed by atoms with Crippen LogP contribution in [-0.4, -0.2) is 58.7 Å². The summed E-state index contributed by atoms with van der Waals surface area (Å²) in [5.41, 5.74) is 2.00. The molecule has 2 unspecified atom stereocenters. The fourth-order valence-electron chi connectivity index (χ4n) is 4.13. The Morgan fingerprint density at radius 2 is 1.79 bits per heavy atom. The summed E-state index contributed by atoms with van der Waals surface area (Å²) in [5, 5.41) is 22.2. The van der Waals surface area contributed by atoms with Crippen LogP contribution < -0.4 is 5.32 Å². The highest BCUT2D eigenvalue weighted by Gasteiger charge is 2.39. The summed E-state index contributed by atoms with van der Waals surface area (Å²) in [4.78, 5) is 44.1. The number of anilines is 1. The van der Waals surface area contributed by atoms with E-state index in [2.05, 4.69) is 43.2 Å². The Balaban J connectivity index is 0.000000934. The molecule has 0 bridgehead atoms. The van der Waals surface area contributed by atoms with Crippen molar-refractivity contribution in [2.45, 2.75) is 33.2 Å². The van der Waals surface area contributed by atoms with Crippen molar-refractivity contribution in [2.75, 3.05) is 25.5 Å². The highest BCUT2D eigenvalue weighted by molar-refractivity contribution is 6.00. The van der Waals surface area contributed by atoms with Crippen LogP contribution in [0.5, 0.6) is 0 Å². The number of carbonyl (C=O) groups is 3. The van der Waals surface area contributed by atoms with Crippen molar-refractivity contribution in [1.82, 2.24) is 14.8 Å². The van der Waals surface area contributed by atoms with Gasteiger partial charge in [-0.2, -0.15) is 10.5 Å². The number of hydrogen-bond donors (Lipinski definition) is 2. The molecule has 1 fully saturated rings. The van der Waals surface area contributed by atoms with E-state index in [0.29, 0.717) is 22.2 Å². The summed E-state index contributed by atoms with van der Waals surface area (Å²) in [6.07, 6.45) is 0.234. The lowest BCUT2D eigenvalue weighted by Crippen LogP contribution is -2.43. The third-order valence-corrected chi connectivity index (χ3v) is 5.92. The molecule has 9 nitrogen and oxygen atoms in total. The number of hydrogen-bond acceptors (Lipinski definition) is 5. The maximum Gasteiger partial charge on any atom is 0.270 e. The minimum Gasteiger partial charge on any atom is -0.350 e. The molecular formula is C29H32N6O3. The summed E-state index contributed by atoms with van der Waals surface area (Å²) in [6.45, 7) is 6.36. The minimum atomic E-state index is -0.742. The van der Waals surface area contributed by atoms with Crippen molar-refractivity contribution in [3.63, 3.8) is 0 Å². The summed E-state index contributed by atoms with van der Waals surface area (Å²) in [7, 11) is 1.49. The molecule has 1 aliphatic rings. The van der Waals surface area contributed by atoms with Gasteiger partial charge in [0.2, 0.25) is 11.8 Å². The van der Waals surface area contributed by atoms with Gasteiger partial charge in [-0.25, -0.2) is 0 Å². The van der Waals surface area contributed by atoms with Gasteiger partial charge in [-0.15, -0.1) is 0 Å². The number of H-pyrrole nitrogens is 1. The van der Waals surface area contributed by atoms with Gasteiger partial charge >= 0.3 is 0 Å². The molecule has 1 saturated heterocycles. The average molecular weight is 513 g/mol. The zero-order chi connectivity index (χ0) is 27.8. The summed E-state index contributed by atoms with van der Waals surface area (Å²) in [5.74, 6) is -0.767. The lowest BCUT2D eigenvalue weighted by atomic mass is 10.1. The molecular weight excluding hydrogens is 480 g/mol. The first kappa shape index (κ1) is 27.9. The van der Waals surface area contributed by atoms with Gasteiger partial charge in [0.1, 0.15) is 11.7 Å². The van der Waals surface area contributed by atoms with E-state index in [1.54, 1.807) is 48.5 Å². The van der Waals surface area contributed by atoms with Crippen molar-refractivity contribution in [1.29, 1.82) is 10.5 Å². The van der Waals surface area contributed by atoms with Crippen LogP contribution in [0.15, 0.2) is 54.6 Å². The van der Waals surface area contributed by atoms with Gasteiger partial charge in [0, 0.05) is 30.2 Å². The van der Waals surface area contributed by atoms with Gasteiger partial charge in [-0.3, -0.25) is 14.4 Å². The molecule has 2 atom stereocenters. The number of para-hydroxylation sites is 1. The Labute approximate surface area is 222 Å². The number of aromatic nitrogens is 1. The number of amides is 3. The van der Waals surface area contributed by atoms with Gasteiger partial charge < -0.3 is 20.1 Å². The van der Waals surface area contributed by atoms with Crippen molar-refractivity contribution in [3.8, 4) is 12.1 Å². The fourth-order valence-corrected chi connectivity index (χ4v) is 4.13.